The van der Waals surface area contributed by atoms with Crippen LogP contribution in [0.15, 0.2) is 59.5 Å². The first-order valence-corrected chi connectivity index (χ1v) is 10.2. The Balaban J connectivity index is 1.39. The number of rotatable bonds is 3. The summed E-state index contributed by atoms with van der Waals surface area (Å²) < 4.78 is 0. The molecule has 2 heterocycles. The van der Waals surface area contributed by atoms with Gasteiger partial charge in [-0.25, -0.2) is 4.98 Å². The maximum atomic E-state index is 12.5. The average Bonchev–Trinajstić information content (AvgIpc) is 3.30. The van der Waals surface area contributed by atoms with E-state index in [1.54, 1.807) is 6.92 Å². The van der Waals surface area contributed by atoms with Crippen LogP contribution in [0.2, 0.25) is 0 Å². The van der Waals surface area contributed by atoms with Crippen molar-refractivity contribution in [2.24, 2.45) is 0 Å². The molecule has 2 amide bonds. The quantitative estimate of drug-likeness (QED) is 0.665. The molecule has 0 saturated carbocycles. The monoisotopic (exact) mass is 395 g/mol. The molecule has 0 aliphatic carbocycles. The number of nitrogens with zero attached hydrogens (tertiary/aromatic N) is 1. The molecule has 0 radical (unpaired) electrons. The predicted octanol–water partition coefficient (Wildman–Crippen LogP) is 3.60. The van der Waals surface area contributed by atoms with Crippen LogP contribution in [0.1, 0.15) is 20.9 Å². The minimum absolute atomic E-state index is 0.199. The lowest BCUT2D eigenvalue weighted by Crippen LogP contribution is -2.45. The fourth-order valence-corrected chi connectivity index (χ4v) is 5.06. The molecule has 4 rings (SSSR count). The van der Waals surface area contributed by atoms with E-state index in [4.69, 9.17) is 0 Å². The molecule has 136 valence electrons. The van der Waals surface area contributed by atoms with Gasteiger partial charge in [-0.3, -0.25) is 20.4 Å². The highest BCUT2D eigenvalue weighted by molar-refractivity contribution is 8.01. The third-order valence-corrected chi connectivity index (χ3v) is 6.79. The fraction of sp³-hybridized carbons (Fsp3) is 0.150. The van der Waals surface area contributed by atoms with Crippen molar-refractivity contribution in [3.05, 3.63) is 70.7 Å². The first-order chi connectivity index (χ1) is 13.1. The van der Waals surface area contributed by atoms with Gasteiger partial charge in [-0.2, -0.15) is 0 Å². The van der Waals surface area contributed by atoms with Crippen LogP contribution in [0.3, 0.4) is 0 Å². The molecule has 0 spiro atoms. The van der Waals surface area contributed by atoms with Gasteiger partial charge in [0, 0.05) is 10.5 Å². The Bertz CT molecular complexity index is 976. The second-order valence-corrected chi connectivity index (χ2v) is 8.40. The summed E-state index contributed by atoms with van der Waals surface area (Å²) in [6.45, 7) is 1.79. The van der Waals surface area contributed by atoms with E-state index in [0.29, 0.717) is 17.0 Å². The van der Waals surface area contributed by atoms with E-state index in [0.717, 1.165) is 15.5 Å². The van der Waals surface area contributed by atoms with E-state index in [9.17, 15) is 9.59 Å². The Hall–Kier alpha value is -2.64. The summed E-state index contributed by atoms with van der Waals surface area (Å²) in [5.74, 6) is -0.545. The Morgan fingerprint density at radius 3 is 2.56 bits per heavy atom. The SMILES string of the molecule is Cc1nc(-c2ccccc2)sc1C(=O)NNC(=O)C1Cc2ccccc2S1. The predicted molar refractivity (Wildman–Crippen MR) is 108 cm³/mol. The normalized spacial score (nSPS) is 15.2. The number of benzene rings is 2. The number of carbonyl (C=O) groups is 2. The molecule has 1 unspecified atom stereocenters. The zero-order chi connectivity index (χ0) is 18.8. The summed E-state index contributed by atoms with van der Waals surface area (Å²) in [7, 11) is 0. The Morgan fingerprint density at radius 2 is 1.78 bits per heavy atom. The van der Waals surface area contributed by atoms with Gasteiger partial charge in [0.15, 0.2) is 0 Å². The molecule has 3 aromatic rings. The number of nitrogens with one attached hydrogen (secondary N) is 2. The van der Waals surface area contributed by atoms with E-state index in [2.05, 4.69) is 15.8 Å². The van der Waals surface area contributed by atoms with Crippen molar-refractivity contribution in [2.45, 2.75) is 23.5 Å². The number of thiazole rings is 1. The van der Waals surface area contributed by atoms with Gasteiger partial charge >= 0.3 is 0 Å². The molecule has 27 heavy (non-hydrogen) atoms. The summed E-state index contributed by atoms with van der Waals surface area (Å²) in [5, 5.41) is 0.552. The number of hydrogen-bond acceptors (Lipinski definition) is 5. The molecule has 1 aromatic heterocycles. The number of hydrogen-bond donors (Lipinski definition) is 2. The average molecular weight is 396 g/mol. The summed E-state index contributed by atoms with van der Waals surface area (Å²) in [5.41, 5.74) is 7.86. The van der Waals surface area contributed by atoms with Gasteiger partial charge in [-0.15, -0.1) is 23.1 Å². The summed E-state index contributed by atoms with van der Waals surface area (Å²) in [6.07, 6.45) is 0.667. The van der Waals surface area contributed by atoms with Crippen LogP contribution in [0.25, 0.3) is 10.6 Å². The zero-order valence-electron chi connectivity index (χ0n) is 14.6. The van der Waals surface area contributed by atoms with Gasteiger partial charge < -0.3 is 0 Å². The van der Waals surface area contributed by atoms with Crippen LogP contribution in [-0.2, 0) is 11.2 Å². The molecule has 1 aliphatic rings. The van der Waals surface area contributed by atoms with Crippen LogP contribution >= 0.6 is 23.1 Å². The lowest BCUT2D eigenvalue weighted by Gasteiger charge is -2.10. The van der Waals surface area contributed by atoms with Crippen LogP contribution in [0.4, 0.5) is 0 Å². The van der Waals surface area contributed by atoms with E-state index >= 15 is 0 Å². The number of thioether (sulfide) groups is 1. The standard InChI is InChI=1S/C20H17N3O2S2/c1-12-17(27-20(21-12)13-7-3-2-4-8-13)19(25)23-22-18(24)16-11-14-9-5-6-10-15(14)26-16/h2-10,16H,11H2,1H3,(H,22,24)(H,23,25). The van der Waals surface area contributed by atoms with E-state index in [1.165, 1.54) is 28.7 Å². The van der Waals surface area contributed by atoms with E-state index in [1.807, 2.05) is 54.6 Å². The van der Waals surface area contributed by atoms with Gasteiger partial charge in [0.1, 0.15) is 9.88 Å². The van der Waals surface area contributed by atoms with Crippen molar-refractivity contribution in [3.63, 3.8) is 0 Å². The molecule has 2 N–H and O–H groups in total. The van der Waals surface area contributed by atoms with Gasteiger partial charge in [-0.05, 0) is 25.0 Å². The molecular formula is C20H17N3O2S2. The van der Waals surface area contributed by atoms with Crippen molar-refractivity contribution >= 4 is 34.9 Å². The Morgan fingerprint density at radius 1 is 1.04 bits per heavy atom. The van der Waals surface area contributed by atoms with Crippen molar-refractivity contribution < 1.29 is 9.59 Å². The third-order valence-electron chi connectivity index (χ3n) is 4.26. The largest absolute Gasteiger partial charge is 0.281 e. The second kappa shape index (κ2) is 7.54. The maximum Gasteiger partial charge on any atom is 0.281 e. The molecule has 2 aromatic carbocycles. The van der Waals surface area contributed by atoms with Crippen LogP contribution in [0, 0.1) is 6.92 Å². The Labute approximate surface area is 165 Å². The molecular weight excluding hydrogens is 378 g/mol. The minimum atomic E-state index is -0.346. The lowest BCUT2D eigenvalue weighted by atomic mass is 10.1. The lowest BCUT2D eigenvalue weighted by molar-refractivity contribution is -0.121. The smallest absolute Gasteiger partial charge is 0.272 e. The molecule has 5 nitrogen and oxygen atoms in total. The first kappa shape index (κ1) is 17.8. The summed E-state index contributed by atoms with van der Waals surface area (Å²) in [4.78, 5) is 31.0. The summed E-state index contributed by atoms with van der Waals surface area (Å²) >= 11 is 2.84. The highest BCUT2D eigenvalue weighted by Crippen LogP contribution is 2.36. The van der Waals surface area contributed by atoms with Crippen molar-refractivity contribution in [1.82, 2.24) is 15.8 Å². The van der Waals surface area contributed by atoms with Gasteiger partial charge in [0.2, 0.25) is 0 Å². The van der Waals surface area contributed by atoms with Crippen molar-refractivity contribution in [1.29, 1.82) is 0 Å². The van der Waals surface area contributed by atoms with Crippen molar-refractivity contribution in [3.8, 4) is 10.6 Å². The number of aryl methyl sites for hydroxylation is 1. The van der Waals surface area contributed by atoms with Gasteiger partial charge in [-0.1, -0.05) is 48.5 Å². The topological polar surface area (TPSA) is 71.1 Å². The van der Waals surface area contributed by atoms with Gasteiger partial charge in [0.25, 0.3) is 11.8 Å². The summed E-state index contributed by atoms with van der Waals surface area (Å²) in [6, 6.07) is 17.7. The van der Waals surface area contributed by atoms with Gasteiger partial charge in [0.05, 0.1) is 10.9 Å². The second-order valence-electron chi connectivity index (χ2n) is 6.16. The molecule has 0 fully saturated rings. The van der Waals surface area contributed by atoms with Crippen LogP contribution in [-0.4, -0.2) is 22.0 Å². The van der Waals surface area contributed by atoms with Crippen molar-refractivity contribution in [2.75, 3.05) is 0 Å². The maximum absolute atomic E-state index is 12.5. The zero-order valence-corrected chi connectivity index (χ0v) is 16.2. The number of hydrazine groups is 1. The first-order valence-electron chi connectivity index (χ1n) is 8.49. The minimum Gasteiger partial charge on any atom is -0.272 e. The van der Waals surface area contributed by atoms with Crippen LogP contribution in [0.5, 0.6) is 0 Å². The molecule has 1 aliphatic heterocycles. The number of aromatic nitrogens is 1. The highest BCUT2D eigenvalue weighted by atomic mass is 32.2. The molecule has 1 atom stereocenters. The molecule has 7 heteroatoms. The molecule has 0 saturated heterocycles. The number of carbonyl (C=O) groups excluding carboxylic acids is 2. The highest BCUT2D eigenvalue weighted by Gasteiger charge is 2.28. The third kappa shape index (κ3) is 3.74. The van der Waals surface area contributed by atoms with E-state index in [-0.39, 0.29) is 17.1 Å². The number of amides is 2. The molecule has 0 bridgehead atoms. The Kier molecular flexibility index (Phi) is 4.96. The van der Waals surface area contributed by atoms with Crippen LogP contribution < -0.4 is 10.9 Å². The van der Waals surface area contributed by atoms with E-state index < -0.39 is 0 Å². The fourth-order valence-electron chi connectivity index (χ4n) is 2.90. The number of fused-ring (bicyclic) bond motifs is 1.